The van der Waals surface area contributed by atoms with Gasteiger partial charge in [-0.15, -0.1) is 23.1 Å². The van der Waals surface area contributed by atoms with Crippen LogP contribution in [0.3, 0.4) is 0 Å². The van der Waals surface area contributed by atoms with Crippen molar-refractivity contribution < 1.29 is 22.7 Å². The second-order valence-electron chi connectivity index (χ2n) is 12.5. The molecule has 0 spiro atoms. The van der Waals surface area contributed by atoms with E-state index in [4.69, 9.17) is 4.74 Å². The highest BCUT2D eigenvalue weighted by atomic mass is 32.2. The molecule has 0 aliphatic carbocycles. The number of alkyl halides is 3. The van der Waals surface area contributed by atoms with Crippen molar-refractivity contribution in [2.24, 2.45) is 0 Å². The maximum absolute atomic E-state index is 15.5. The Morgan fingerprint density at radius 2 is 1.88 bits per heavy atom. The zero-order chi connectivity index (χ0) is 36.2. The first-order valence-corrected chi connectivity index (χ1v) is 18.0. The molecule has 3 unspecified atom stereocenters. The van der Waals surface area contributed by atoms with Crippen LogP contribution in [0.1, 0.15) is 25.0 Å². The van der Waals surface area contributed by atoms with Gasteiger partial charge in [-0.25, -0.2) is 4.79 Å². The standard InChI is InChI=1S/C36H32F3N7O3S2/c1-5-28(47)46-19(2)15-44(16-20(46)3)33-24-13-26(36(37,38)39)30(23-7-6-8-27-29(23)25(14-40)34(41-4)51-27)32-31(24)45(35(48)43-33)17-22(18-50-32)49-21-9-11-42-12-10-21/h5-13,19-20,22,41H,1,15-18H2,2-4H3. The first kappa shape index (κ1) is 34.4. The van der Waals surface area contributed by atoms with Crippen LogP contribution in [0.4, 0.5) is 24.0 Å². The molecule has 3 aromatic heterocycles. The van der Waals surface area contributed by atoms with Gasteiger partial charge in [-0.2, -0.15) is 23.4 Å². The molecule has 0 radical (unpaired) electrons. The van der Waals surface area contributed by atoms with Gasteiger partial charge in [0.2, 0.25) is 5.91 Å². The van der Waals surface area contributed by atoms with Crippen molar-refractivity contribution in [1.29, 1.82) is 5.26 Å². The first-order chi connectivity index (χ1) is 24.4. The minimum absolute atomic E-state index is 0.0279. The fourth-order valence-corrected chi connectivity index (χ4v) is 9.50. The summed E-state index contributed by atoms with van der Waals surface area (Å²) in [6, 6.07) is 11.0. The number of hydrogen-bond donors (Lipinski definition) is 1. The highest BCUT2D eigenvalue weighted by Crippen LogP contribution is 2.51. The molecule has 3 atom stereocenters. The zero-order valence-corrected chi connectivity index (χ0v) is 29.5. The Balaban J connectivity index is 1.52. The number of carbonyl (C=O) groups is 1. The van der Waals surface area contributed by atoms with Gasteiger partial charge in [-0.3, -0.25) is 14.3 Å². The Bertz CT molecular complexity index is 2290. The van der Waals surface area contributed by atoms with Crippen molar-refractivity contribution in [3.8, 4) is 22.9 Å². The molecule has 262 valence electrons. The number of halogens is 3. The molecule has 15 heteroatoms. The third kappa shape index (κ3) is 5.95. The van der Waals surface area contributed by atoms with Crippen LogP contribution in [0.5, 0.6) is 5.75 Å². The molecule has 0 saturated carbocycles. The number of amides is 1. The van der Waals surface area contributed by atoms with E-state index in [2.05, 4.69) is 27.9 Å². The minimum atomic E-state index is -4.83. The van der Waals surface area contributed by atoms with Crippen LogP contribution in [-0.4, -0.2) is 69.4 Å². The van der Waals surface area contributed by atoms with Gasteiger partial charge >= 0.3 is 11.9 Å². The van der Waals surface area contributed by atoms with E-state index in [1.807, 2.05) is 13.8 Å². The Labute approximate surface area is 299 Å². The lowest BCUT2D eigenvalue weighted by molar-refractivity contribution is -0.137. The number of thiophene rings is 1. The maximum Gasteiger partial charge on any atom is 0.417 e. The van der Waals surface area contributed by atoms with E-state index >= 15 is 13.2 Å². The van der Waals surface area contributed by atoms with E-state index in [0.29, 0.717) is 26.4 Å². The number of hydrogen-bond acceptors (Lipinski definition) is 10. The Hall–Kier alpha value is -5.07. The molecule has 2 aromatic carbocycles. The van der Waals surface area contributed by atoms with Crippen molar-refractivity contribution in [1.82, 2.24) is 19.4 Å². The summed E-state index contributed by atoms with van der Waals surface area (Å²) in [4.78, 5) is 39.0. The fraction of sp³-hybridized carbons (Fsp3) is 0.306. The van der Waals surface area contributed by atoms with E-state index in [1.165, 1.54) is 33.7 Å². The second-order valence-corrected chi connectivity index (χ2v) is 14.6. The van der Waals surface area contributed by atoms with E-state index in [-0.39, 0.29) is 76.2 Å². The predicted octanol–water partition coefficient (Wildman–Crippen LogP) is 6.77. The van der Waals surface area contributed by atoms with Crippen LogP contribution in [-0.2, 0) is 17.5 Å². The average Bonchev–Trinajstić information content (AvgIpc) is 3.37. The fourth-order valence-electron chi connectivity index (χ4n) is 7.22. The lowest BCUT2D eigenvalue weighted by atomic mass is 9.93. The molecule has 10 nitrogen and oxygen atoms in total. The predicted molar refractivity (Wildman–Crippen MR) is 194 cm³/mol. The van der Waals surface area contributed by atoms with Crippen molar-refractivity contribution >= 4 is 60.8 Å². The monoisotopic (exact) mass is 731 g/mol. The van der Waals surface area contributed by atoms with Gasteiger partial charge < -0.3 is 19.9 Å². The molecule has 1 amide bonds. The molecule has 2 aliphatic rings. The number of nitrogens with one attached hydrogen (secondary N) is 1. The van der Waals surface area contributed by atoms with Gasteiger partial charge in [0.1, 0.15) is 28.7 Å². The molecule has 1 saturated heterocycles. The summed E-state index contributed by atoms with van der Waals surface area (Å²) in [6.45, 7) is 7.80. The summed E-state index contributed by atoms with van der Waals surface area (Å²) < 4.78 is 54.8. The van der Waals surface area contributed by atoms with Crippen LogP contribution in [0.15, 0.2) is 71.1 Å². The van der Waals surface area contributed by atoms with Gasteiger partial charge in [-0.05, 0) is 49.8 Å². The van der Waals surface area contributed by atoms with Crippen LogP contribution in [0, 0.1) is 11.3 Å². The lowest BCUT2D eigenvalue weighted by Gasteiger charge is -2.44. The van der Waals surface area contributed by atoms with Crippen molar-refractivity contribution in [3.63, 3.8) is 0 Å². The summed E-state index contributed by atoms with van der Waals surface area (Å²) in [6.07, 6.45) is -1.06. The van der Waals surface area contributed by atoms with Gasteiger partial charge in [0.25, 0.3) is 0 Å². The molecular weight excluding hydrogens is 700 g/mol. The summed E-state index contributed by atoms with van der Waals surface area (Å²) in [5.74, 6) is 0.581. The molecule has 5 heterocycles. The number of carbonyl (C=O) groups excluding carboxylic acids is 1. The largest absolute Gasteiger partial charge is 0.488 e. The van der Waals surface area contributed by atoms with E-state index in [9.17, 15) is 14.9 Å². The van der Waals surface area contributed by atoms with Crippen molar-refractivity contribution in [3.05, 3.63) is 83.1 Å². The summed E-state index contributed by atoms with van der Waals surface area (Å²) in [5.41, 5.74) is -0.862. The van der Waals surface area contributed by atoms with Gasteiger partial charge in [0.15, 0.2) is 0 Å². The number of nitriles is 1. The van der Waals surface area contributed by atoms with Gasteiger partial charge in [0, 0.05) is 76.3 Å². The van der Waals surface area contributed by atoms with Crippen molar-refractivity contribution in [2.45, 2.75) is 49.7 Å². The number of ether oxygens (including phenoxy) is 1. The number of aromatic nitrogens is 3. The molecule has 1 N–H and O–H groups in total. The Morgan fingerprint density at radius 3 is 2.53 bits per heavy atom. The topological polar surface area (TPSA) is 116 Å². The summed E-state index contributed by atoms with van der Waals surface area (Å²) in [5, 5.41) is 14.3. The zero-order valence-electron chi connectivity index (χ0n) is 27.8. The smallest absolute Gasteiger partial charge is 0.417 e. The molecule has 0 bridgehead atoms. The summed E-state index contributed by atoms with van der Waals surface area (Å²) in [7, 11) is 1.66. The number of piperazine rings is 1. The Morgan fingerprint density at radius 1 is 1.16 bits per heavy atom. The first-order valence-electron chi connectivity index (χ1n) is 16.2. The number of pyridine rings is 1. The summed E-state index contributed by atoms with van der Waals surface area (Å²) >= 11 is 2.47. The van der Waals surface area contributed by atoms with Crippen LogP contribution < -0.4 is 20.6 Å². The third-order valence-corrected chi connectivity index (χ3v) is 11.6. The van der Waals surface area contributed by atoms with Gasteiger partial charge in [0.05, 0.1) is 23.2 Å². The van der Waals surface area contributed by atoms with Crippen molar-refractivity contribution in [2.75, 3.05) is 36.1 Å². The molecule has 7 rings (SSSR count). The molecule has 5 aromatic rings. The lowest BCUT2D eigenvalue weighted by Crippen LogP contribution is -2.58. The minimum Gasteiger partial charge on any atom is -0.488 e. The molecule has 2 aliphatic heterocycles. The maximum atomic E-state index is 15.5. The molecule has 51 heavy (non-hydrogen) atoms. The Kier molecular flexibility index (Phi) is 8.92. The molecule has 1 fully saturated rings. The SMILES string of the molecule is C=CC(=O)N1C(C)CN(c2nc(=O)n3c4c(c(-c5cccc6sc(NC)c(C#N)c56)c(C(F)(F)F)cc24)SCC(Oc2ccncc2)C3)CC1C. The normalized spacial score (nSPS) is 19.1. The van der Waals surface area contributed by atoms with E-state index in [1.54, 1.807) is 59.6 Å². The van der Waals surface area contributed by atoms with Crippen LogP contribution >= 0.6 is 23.1 Å². The number of benzene rings is 2. The van der Waals surface area contributed by atoms with E-state index in [0.717, 1.165) is 6.07 Å². The second kappa shape index (κ2) is 13.2. The number of anilines is 2. The average molecular weight is 732 g/mol. The number of rotatable bonds is 6. The van der Waals surface area contributed by atoms with Crippen LogP contribution in [0.2, 0.25) is 0 Å². The van der Waals surface area contributed by atoms with E-state index < -0.39 is 23.5 Å². The highest BCUT2D eigenvalue weighted by molar-refractivity contribution is 7.99. The quantitative estimate of drug-likeness (QED) is 0.189. The number of nitrogens with zero attached hydrogens (tertiary/aromatic N) is 6. The number of fused-ring (bicyclic) bond motifs is 1. The van der Waals surface area contributed by atoms with Gasteiger partial charge in [-0.1, -0.05) is 18.7 Å². The van der Waals surface area contributed by atoms with Crippen LogP contribution in [0.25, 0.3) is 32.1 Å². The number of thioether (sulfide) groups is 1. The highest BCUT2D eigenvalue weighted by Gasteiger charge is 2.40. The third-order valence-electron chi connectivity index (χ3n) is 9.23. The molecular formula is C36H32F3N7O3S2.